The smallest absolute Gasteiger partial charge is 0.320 e. The van der Waals surface area contributed by atoms with Crippen LogP contribution in [0.2, 0.25) is 0 Å². The molecule has 1 aliphatic rings. The van der Waals surface area contributed by atoms with Gasteiger partial charge in [0.25, 0.3) is 0 Å². The fourth-order valence-electron chi connectivity index (χ4n) is 1.85. The Balaban J connectivity index is 1.89. The topological polar surface area (TPSA) is 9.23 Å². The van der Waals surface area contributed by atoms with Gasteiger partial charge in [-0.2, -0.15) is 8.78 Å². The third-order valence-corrected chi connectivity index (χ3v) is 3.20. The highest BCUT2D eigenvalue weighted by Crippen LogP contribution is 2.39. The van der Waals surface area contributed by atoms with E-state index in [9.17, 15) is 8.78 Å². The van der Waals surface area contributed by atoms with Gasteiger partial charge in [0.1, 0.15) is 0 Å². The molecule has 1 aromatic rings. The van der Waals surface area contributed by atoms with Crippen molar-refractivity contribution in [2.75, 3.05) is 0 Å². The molecule has 0 saturated heterocycles. The van der Waals surface area contributed by atoms with E-state index < -0.39 is 6.61 Å². The zero-order valence-corrected chi connectivity index (χ0v) is 9.58. The van der Waals surface area contributed by atoms with E-state index in [4.69, 9.17) is 0 Å². The van der Waals surface area contributed by atoms with E-state index in [1.807, 2.05) is 24.3 Å². The Morgan fingerprint density at radius 2 is 2.07 bits per heavy atom. The van der Waals surface area contributed by atoms with Crippen molar-refractivity contribution in [2.24, 2.45) is 0 Å². The summed E-state index contributed by atoms with van der Waals surface area (Å²) in [5.41, 5.74) is 1.19. The molecule has 0 amide bonds. The summed E-state index contributed by atoms with van der Waals surface area (Å²) < 4.78 is 29.2. The van der Waals surface area contributed by atoms with Gasteiger partial charge in [-0.1, -0.05) is 28.1 Å². The third kappa shape index (κ3) is 2.75. The molecular weight excluding hydrogens is 266 g/mol. The van der Waals surface area contributed by atoms with Crippen LogP contribution < -0.4 is 0 Å². The van der Waals surface area contributed by atoms with Crippen LogP contribution in [-0.4, -0.2) is 12.7 Å². The monoisotopic (exact) mass is 276 g/mol. The average molecular weight is 277 g/mol. The van der Waals surface area contributed by atoms with Crippen LogP contribution in [-0.2, 0) is 4.74 Å². The van der Waals surface area contributed by atoms with Gasteiger partial charge in [0.15, 0.2) is 0 Å². The van der Waals surface area contributed by atoms with Gasteiger partial charge in [-0.3, -0.25) is 0 Å². The molecule has 0 atom stereocenters. The Morgan fingerprint density at radius 3 is 2.67 bits per heavy atom. The first-order valence-electron chi connectivity index (χ1n) is 4.84. The van der Waals surface area contributed by atoms with Gasteiger partial charge in [-0.05, 0) is 36.5 Å². The molecule has 0 radical (unpaired) electrons. The van der Waals surface area contributed by atoms with E-state index >= 15 is 0 Å². The first kappa shape index (κ1) is 11.0. The van der Waals surface area contributed by atoms with Crippen LogP contribution in [0, 0.1) is 0 Å². The summed E-state index contributed by atoms with van der Waals surface area (Å²) in [5, 5.41) is 0. The largest absolute Gasteiger partial charge is 0.345 e. The lowest BCUT2D eigenvalue weighted by Crippen LogP contribution is -2.31. The van der Waals surface area contributed by atoms with E-state index in [0.29, 0.717) is 18.8 Å². The molecular formula is C11H11BrF2O. The highest BCUT2D eigenvalue weighted by molar-refractivity contribution is 9.10. The second kappa shape index (κ2) is 4.58. The van der Waals surface area contributed by atoms with Gasteiger partial charge in [0.2, 0.25) is 0 Å². The van der Waals surface area contributed by atoms with Gasteiger partial charge in [0, 0.05) is 4.47 Å². The molecule has 0 unspecified atom stereocenters. The summed E-state index contributed by atoms with van der Waals surface area (Å²) in [4.78, 5) is 0. The zero-order chi connectivity index (χ0) is 10.8. The number of alkyl halides is 2. The van der Waals surface area contributed by atoms with Crippen molar-refractivity contribution in [3.05, 3.63) is 34.3 Å². The van der Waals surface area contributed by atoms with Crippen molar-refractivity contribution < 1.29 is 13.5 Å². The summed E-state index contributed by atoms with van der Waals surface area (Å²) in [5.74, 6) is 0.367. The second-order valence-corrected chi connectivity index (χ2v) is 4.66. The van der Waals surface area contributed by atoms with Crippen molar-refractivity contribution in [1.82, 2.24) is 0 Å². The lowest BCUT2D eigenvalue weighted by atomic mass is 9.77. The standard InChI is InChI=1S/C11H11BrF2O/c12-9-3-1-2-7(4-9)8-5-10(6-8)15-11(13)14/h1-4,8,10-11H,5-6H2. The molecule has 4 heteroatoms. The van der Waals surface area contributed by atoms with Gasteiger partial charge < -0.3 is 4.74 Å². The summed E-state index contributed by atoms with van der Waals surface area (Å²) in [6, 6.07) is 7.97. The van der Waals surface area contributed by atoms with Crippen molar-refractivity contribution >= 4 is 15.9 Å². The summed E-state index contributed by atoms with van der Waals surface area (Å²) in [6.07, 6.45) is 1.12. The summed E-state index contributed by atoms with van der Waals surface area (Å²) in [7, 11) is 0. The maximum Gasteiger partial charge on any atom is 0.345 e. The Morgan fingerprint density at radius 1 is 1.33 bits per heavy atom. The lowest BCUT2D eigenvalue weighted by molar-refractivity contribution is -0.184. The number of hydrogen-bond donors (Lipinski definition) is 0. The quantitative estimate of drug-likeness (QED) is 0.813. The molecule has 0 spiro atoms. The first-order valence-corrected chi connectivity index (χ1v) is 5.63. The molecule has 0 heterocycles. The molecule has 0 aromatic heterocycles. The number of hydrogen-bond acceptors (Lipinski definition) is 1. The molecule has 0 aliphatic heterocycles. The molecule has 1 nitrogen and oxygen atoms in total. The Labute approximate surface area is 95.6 Å². The van der Waals surface area contributed by atoms with Crippen LogP contribution in [0.5, 0.6) is 0 Å². The predicted molar refractivity (Wildman–Crippen MR) is 57.0 cm³/mol. The van der Waals surface area contributed by atoms with Crippen molar-refractivity contribution in [2.45, 2.75) is 31.5 Å². The fourth-order valence-corrected chi connectivity index (χ4v) is 2.27. The highest BCUT2D eigenvalue weighted by atomic mass is 79.9. The molecule has 2 rings (SSSR count). The van der Waals surface area contributed by atoms with E-state index in [2.05, 4.69) is 20.7 Å². The van der Waals surface area contributed by atoms with Crippen LogP contribution in [0.1, 0.15) is 24.3 Å². The normalized spacial score (nSPS) is 25.3. The first-order chi connectivity index (χ1) is 7.15. The molecule has 1 saturated carbocycles. The minimum absolute atomic E-state index is 0.269. The van der Waals surface area contributed by atoms with Gasteiger partial charge in [-0.15, -0.1) is 0 Å². The molecule has 1 fully saturated rings. The Hall–Kier alpha value is -0.480. The lowest BCUT2D eigenvalue weighted by Gasteiger charge is -2.35. The minimum Gasteiger partial charge on any atom is -0.320 e. The molecule has 15 heavy (non-hydrogen) atoms. The number of ether oxygens (including phenoxy) is 1. The minimum atomic E-state index is -2.64. The van der Waals surface area contributed by atoms with Crippen LogP contribution in [0.25, 0.3) is 0 Å². The fraction of sp³-hybridized carbons (Fsp3) is 0.455. The second-order valence-electron chi connectivity index (χ2n) is 3.74. The van der Waals surface area contributed by atoms with Crippen LogP contribution >= 0.6 is 15.9 Å². The summed E-state index contributed by atoms with van der Waals surface area (Å²) in [6.45, 7) is -2.64. The number of benzene rings is 1. The van der Waals surface area contributed by atoms with Gasteiger partial charge in [0.05, 0.1) is 6.10 Å². The van der Waals surface area contributed by atoms with Crippen LogP contribution in [0.3, 0.4) is 0 Å². The molecule has 0 N–H and O–H groups in total. The van der Waals surface area contributed by atoms with E-state index in [1.165, 1.54) is 5.56 Å². The predicted octanol–water partition coefficient (Wildman–Crippen LogP) is 3.93. The SMILES string of the molecule is FC(F)OC1CC(c2cccc(Br)c2)C1. The van der Waals surface area contributed by atoms with Crippen LogP contribution in [0.15, 0.2) is 28.7 Å². The van der Waals surface area contributed by atoms with Crippen molar-refractivity contribution in [1.29, 1.82) is 0 Å². The third-order valence-electron chi connectivity index (χ3n) is 2.71. The molecule has 82 valence electrons. The molecule has 1 aliphatic carbocycles. The zero-order valence-electron chi connectivity index (χ0n) is 8.00. The van der Waals surface area contributed by atoms with Crippen LogP contribution in [0.4, 0.5) is 8.78 Å². The number of rotatable bonds is 3. The van der Waals surface area contributed by atoms with E-state index in [0.717, 1.165) is 4.47 Å². The van der Waals surface area contributed by atoms with Crippen molar-refractivity contribution in [3.8, 4) is 0 Å². The highest BCUT2D eigenvalue weighted by Gasteiger charge is 2.32. The van der Waals surface area contributed by atoms with Crippen molar-refractivity contribution in [3.63, 3.8) is 0 Å². The Kier molecular flexibility index (Phi) is 3.36. The maximum atomic E-state index is 11.9. The molecule has 1 aromatic carbocycles. The number of halogens is 3. The molecule has 0 bridgehead atoms. The average Bonchev–Trinajstić information content (AvgIpc) is 2.10. The maximum absolute atomic E-state index is 11.9. The Bertz CT molecular complexity index is 337. The van der Waals surface area contributed by atoms with E-state index in [1.54, 1.807) is 0 Å². The van der Waals surface area contributed by atoms with E-state index in [-0.39, 0.29) is 6.10 Å². The van der Waals surface area contributed by atoms with Gasteiger partial charge in [-0.25, -0.2) is 0 Å². The van der Waals surface area contributed by atoms with Gasteiger partial charge >= 0.3 is 6.61 Å². The summed E-state index contributed by atoms with van der Waals surface area (Å²) >= 11 is 3.39.